The van der Waals surface area contributed by atoms with E-state index < -0.39 is 42.2 Å². The zero-order valence-corrected chi connectivity index (χ0v) is 20.9. The Kier molecular flexibility index (Phi) is 9.09. The molecule has 10 nitrogen and oxygen atoms in total. The predicted octanol–water partition coefficient (Wildman–Crippen LogP) is 1.90. The number of ether oxygens (including phenoxy) is 3. The van der Waals surface area contributed by atoms with Crippen LogP contribution < -0.4 is 10.6 Å². The lowest BCUT2D eigenvalue weighted by atomic mass is 9.85. The SMILES string of the molecule is CCO[C@@H]1OC(O)CC1NC(=O)[C@@H]1CCCN1C(=O)[C@@H](NC(=O)OCc1ccccc1)C(C)(C)C. The number of hydrogen-bond donors (Lipinski definition) is 3. The fourth-order valence-electron chi connectivity index (χ4n) is 4.36. The van der Waals surface area contributed by atoms with E-state index in [2.05, 4.69) is 10.6 Å². The summed E-state index contributed by atoms with van der Waals surface area (Å²) < 4.78 is 16.1. The molecule has 0 saturated carbocycles. The van der Waals surface area contributed by atoms with Crippen LogP contribution in [0.3, 0.4) is 0 Å². The van der Waals surface area contributed by atoms with E-state index >= 15 is 0 Å². The fourth-order valence-corrected chi connectivity index (χ4v) is 4.36. The van der Waals surface area contributed by atoms with Gasteiger partial charge in [0.1, 0.15) is 18.7 Å². The second-order valence-corrected chi connectivity index (χ2v) is 9.96. The molecule has 0 aromatic heterocycles. The molecule has 0 aliphatic carbocycles. The summed E-state index contributed by atoms with van der Waals surface area (Å²) in [5.74, 6) is -0.668. The number of carbonyl (C=O) groups excluding carboxylic acids is 3. The Hall–Kier alpha value is -2.69. The summed E-state index contributed by atoms with van der Waals surface area (Å²) >= 11 is 0. The Balaban J connectivity index is 1.64. The Morgan fingerprint density at radius 2 is 1.94 bits per heavy atom. The minimum absolute atomic E-state index is 0.0861. The van der Waals surface area contributed by atoms with Crippen LogP contribution in [0.4, 0.5) is 4.79 Å². The molecule has 1 aromatic rings. The Morgan fingerprint density at radius 1 is 1.23 bits per heavy atom. The van der Waals surface area contributed by atoms with Crippen molar-refractivity contribution >= 4 is 17.9 Å². The van der Waals surface area contributed by atoms with Crippen LogP contribution in [0.1, 0.15) is 52.5 Å². The number of likely N-dealkylation sites (tertiary alicyclic amines) is 1. The van der Waals surface area contributed by atoms with E-state index in [0.29, 0.717) is 26.0 Å². The van der Waals surface area contributed by atoms with Crippen LogP contribution in [-0.2, 0) is 30.4 Å². The molecule has 3 rings (SSSR count). The molecule has 5 atom stereocenters. The average molecular weight is 492 g/mol. The third-order valence-corrected chi connectivity index (χ3v) is 6.16. The first-order valence-corrected chi connectivity index (χ1v) is 12.1. The molecule has 194 valence electrons. The van der Waals surface area contributed by atoms with Crippen molar-refractivity contribution in [2.75, 3.05) is 13.2 Å². The lowest BCUT2D eigenvalue weighted by Gasteiger charge is -2.35. The van der Waals surface area contributed by atoms with Crippen molar-refractivity contribution in [2.24, 2.45) is 5.41 Å². The molecule has 0 radical (unpaired) electrons. The van der Waals surface area contributed by atoms with Crippen molar-refractivity contribution in [1.29, 1.82) is 0 Å². The van der Waals surface area contributed by atoms with Crippen LogP contribution in [-0.4, -0.2) is 71.8 Å². The topological polar surface area (TPSA) is 126 Å². The molecule has 0 bridgehead atoms. The Bertz CT molecular complexity index is 874. The van der Waals surface area contributed by atoms with Gasteiger partial charge in [-0.25, -0.2) is 4.79 Å². The number of aliphatic hydroxyl groups is 1. The third kappa shape index (κ3) is 7.16. The van der Waals surface area contributed by atoms with E-state index in [-0.39, 0.29) is 24.8 Å². The summed E-state index contributed by atoms with van der Waals surface area (Å²) in [5.41, 5.74) is 0.222. The molecule has 2 aliphatic heterocycles. The van der Waals surface area contributed by atoms with Gasteiger partial charge in [0.15, 0.2) is 12.6 Å². The van der Waals surface area contributed by atoms with Gasteiger partial charge < -0.3 is 34.9 Å². The number of hydrogen-bond acceptors (Lipinski definition) is 7. The maximum Gasteiger partial charge on any atom is 0.408 e. The van der Waals surface area contributed by atoms with Gasteiger partial charge in [-0.05, 0) is 30.7 Å². The van der Waals surface area contributed by atoms with Crippen molar-refractivity contribution in [3.8, 4) is 0 Å². The summed E-state index contributed by atoms with van der Waals surface area (Å²) in [6, 6.07) is 7.19. The molecule has 2 fully saturated rings. The van der Waals surface area contributed by atoms with Gasteiger partial charge >= 0.3 is 6.09 Å². The second-order valence-electron chi connectivity index (χ2n) is 9.96. The third-order valence-electron chi connectivity index (χ3n) is 6.16. The zero-order valence-electron chi connectivity index (χ0n) is 20.9. The highest BCUT2D eigenvalue weighted by molar-refractivity contribution is 5.92. The molecule has 3 amide bonds. The summed E-state index contributed by atoms with van der Waals surface area (Å²) in [7, 11) is 0. The van der Waals surface area contributed by atoms with Gasteiger partial charge in [-0.1, -0.05) is 51.1 Å². The maximum atomic E-state index is 13.6. The molecular weight excluding hydrogens is 454 g/mol. The van der Waals surface area contributed by atoms with Gasteiger partial charge in [-0.3, -0.25) is 9.59 Å². The average Bonchev–Trinajstić information content (AvgIpc) is 3.42. The lowest BCUT2D eigenvalue weighted by molar-refractivity contribution is -0.188. The first-order chi connectivity index (χ1) is 16.6. The highest BCUT2D eigenvalue weighted by atomic mass is 16.7. The molecule has 10 heteroatoms. The smallest absolute Gasteiger partial charge is 0.408 e. The Labute approximate surface area is 206 Å². The molecular formula is C25H37N3O7. The highest BCUT2D eigenvalue weighted by Crippen LogP contribution is 2.27. The number of rotatable bonds is 8. The summed E-state index contributed by atoms with van der Waals surface area (Å²) in [6.07, 6.45) is -1.09. The standard InChI is InChI=1S/C25H37N3O7/c1-5-33-23-17(14-19(29)35-23)26-21(30)18-12-9-13-28(18)22(31)20(25(2,3)4)27-24(32)34-15-16-10-7-6-8-11-16/h6-8,10-11,17-20,23,29H,5,9,12-15H2,1-4H3,(H,26,30)(H,27,32)/t17?,18-,19?,20+,23+/m0/s1. The highest BCUT2D eigenvalue weighted by Gasteiger charge is 2.44. The molecule has 35 heavy (non-hydrogen) atoms. The van der Waals surface area contributed by atoms with Crippen molar-refractivity contribution in [3.05, 3.63) is 35.9 Å². The van der Waals surface area contributed by atoms with E-state index in [4.69, 9.17) is 14.2 Å². The van der Waals surface area contributed by atoms with Gasteiger partial charge in [0.05, 0.1) is 6.04 Å². The van der Waals surface area contributed by atoms with E-state index in [1.807, 2.05) is 51.1 Å². The monoisotopic (exact) mass is 491 g/mol. The largest absolute Gasteiger partial charge is 0.445 e. The van der Waals surface area contributed by atoms with E-state index in [1.54, 1.807) is 6.92 Å². The van der Waals surface area contributed by atoms with Crippen LogP contribution in [0.5, 0.6) is 0 Å². The van der Waals surface area contributed by atoms with E-state index in [0.717, 1.165) is 5.56 Å². The van der Waals surface area contributed by atoms with Gasteiger partial charge in [0.2, 0.25) is 11.8 Å². The van der Waals surface area contributed by atoms with E-state index in [1.165, 1.54) is 4.90 Å². The molecule has 2 heterocycles. The first-order valence-electron chi connectivity index (χ1n) is 12.1. The van der Waals surface area contributed by atoms with Crippen molar-refractivity contribution in [3.63, 3.8) is 0 Å². The molecule has 2 saturated heterocycles. The number of benzene rings is 1. The maximum absolute atomic E-state index is 13.6. The molecule has 3 N–H and O–H groups in total. The quantitative estimate of drug-likeness (QED) is 0.507. The molecule has 2 unspecified atom stereocenters. The van der Waals surface area contributed by atoms with Crippen LogP contribution in [0.2, 0.25) is 0 Å². The zero-order chi connectivity index (χ0) is 25.6. The Morgan fingerprint density at radius 3 is 2.60 bits per heavy atom. The summed E-state index contributed by atoms with van der Waals surface area (Å²) in [4.78, 5) is 40.7. The van der Waals surface area contributed by atoms with Gasteiger partial charge in [-0.15, -0.1) is 0 Å². The molecule has 2 aliphatic rings. The fraction of sp³-hybridized carbons (Fsp3) is 0.640. The van der Waals surface area contributed by atoms with Crippen molar-refractivity contribution < 1.29 is 33.7 Å². The normalized spacial score (nSPS) is 25.2. The van der Waals surface area contributed by atoms with Crippen LogP contribution in [0, 0.1) is 5.41 Å². The van der Waals surface area contributed by atoms with Crippen LogP contribution >= 0.6 is 0 Å². The molecule has 0 spiro atoms. The minimum atomic E-state index is -1.02. The minimum Gasteiger partial charge on any atom is -0.445 e. The number of carbonyl (C=O) groups is 3. The van der Waals surface area contributed by atoms with Gasteiger partial charge in [0.25, 0.3) is 0 Å². The van der Waals surface area contributed by atoms with Crippen LogP contribution in [0.25, 0.3) is 0 Å². The second kappa shape index (κ2) is 11.8. The van der Waals surface area contributed by atoms with Crippen LogP contribution in [0.15, 0.2) is 30.3 Å². The van der Waals surface area contributed by atoms with Crippen molar-refractivity contribution in [2.45, 2.75) is 84.3 Å². The summed E-state index contributed by atoms with van der Waals surface area (Å²) in [6.45, 7) is 8.21. The number of nitrogens with zero attached hydrogens (tertiary/aromatic N) is 1. The van der Waals surface area contributed by atoms with E-state index in [9.17, 15) is 19.5 Å². The lowest BCUT2D eigenvalue weighted by Crippen LogP contribution is -2.58. The van der Waals surface area contributed by atoms with Gasteiger partial charge in [0, 0.05) is 19.6 Å². The van der Waals surface area contributed by atoms with Crippen molar-refractivity contribution in [1.82, 2.24) is 15.5 Å². The first kappa shape index (κ1) is 26.9. The number of aliphatic hydroxyl groups excluding tert-OH is 1. The number of alkyl carbamates (subject to hydrolysis) is 1. The summed E-state index contributed by atoms with van der Waals surface area (Å²) in [5, 5.41) is 15.4. The molecule has 1 aromatic carbocycles. The predicted molar refractivity (Wildman–Crippen MR) is 127 cm³/mol. The number of amides is 3. The van der Waals surface area contributed by atoms with Gasteiger partial charge in [-0.2, -0.15) is 0 Å². The number of nitrogens with one attached hydrogen (secondary N) is 2.